The van der Waals surface area contributed by atoms with Gasteiger partial charge in [-0.3, -0.25) is 9.59 Å². The summed E-state index contributed by atoms with van der Waals surface area (Å²) in [4.78, 5) is 25.8. The molecule has 2 aromatic carbocycles. The fourth-order valence-corrected chi connectivity index (χ4v) is 5.11. The first-order valence-corrected chi connectivity index (χ1v) is 12.7. The lowest BCUT2D eigenvalue weighted by Gasteiger charge is -2.13. The standard InChI is InChI=1S/C30H31N3O4/c1-5-20-9-11-22(12-10-20)31-30(35)29-19(4)28-23(7-6-8-24(28)37-29)32-33-26(34)15-21-16-36-25-14-17(2)13-18(3)27(21)25/h9-14,16H,5-8,15H2,1-4H3,(H,31,35)(H,33,34)/b32-23+. The number of anilines is 1. The molecule has 4 aromatic rings. The van der Waals surface area contributed by atoms with Gasteiger partial charge in [-0.2, -0.15) is 5.10 Å². The zero-order valence-electron chi connectivity index (χ0n) is 21.7. The van der Waals surface area contributed by atoms with Crippen molar-refractivity contribution >= 4 is 34.2 Å². The fraction of sp³-hybridized carbons (Fsp3) is 0.300. The number of hydrogen-bond acceptors (Lipinski definition) is 5. The van der Waals surface area contributed by atoms with Crippen LogP contribution >= 0.6 is 0 Å². The summed E-state index contributed by atoms with van der Waals surface area (Å²) in [5, 5.41) is 8.34. The maximum atomic E-state index is 13.0. The molecule has 0 unspecified atom stereocenters. The maximum Gasteiger partial charge on any atom is 0.291 e. The number of amides is 2. The van der Waals surface area contributed by atoms with E-state index in [4.69, 9.17) is 8.83 Å². The minimum atomic E-state index is -0.294. The van der Waals surface area contributed by atoms with Gasteiger partial charge in [-0.15, -0.1) is 0 Å². The zero-order valence-corrected chi connectivity index (χ0v) is 21.7. The molecule has 2 N–H and O–H groups in total. The van der Waals surface area contributed by atoms with Gasteiger partial charge in [0.2, 0.25) is 5.91 Å². The molecule has 2 amide bonds. The Morgan fingerprint density at radius 1 is 1.05 bits per heavy atom. The lowest BCUT2D eigenvalue weighted by molar-refractivity contribution is -0.120. The third-order valence-electron chi connectivity index (χ3n) is 6.91. The van der Waals surface area contributed by atoms with E-state index in [0.29, 0.717) is 12.1 Å². The molecule has 0 atom stereocenters. The van der Waals surface area contributed by atoms with E-state index in [2.05, 4.69) is 28.8 Å². The van der Waals surface area contributed by atoms with E-state index in [-0.39, 0.29) is 24.0 Å². The van der Waals surface area contributed by atoms with Crippen molar-refractivity contribution in [3.05, 3.63) is 87.6 Å². The Morgan fingerprint density at radius 2 is 1.84 bits per heavy atom. The van der Waals surface area contributed by atoms with Crippen LogP contribution in [-0.2, 0) is 24.1 Å². The summed E-state index contributed by atoms with van der Waals surface area (Å²) in [6.45, 7) is 7.99. The molecule has 2 aromatic heterocycles. The Kier molecular flexibility index (Phi) is 6.70. The topological polar surface area (TPSA) is 96.8 Å². The molecular formula is C30H31N3O4. The van der Waals surface area contributed by atoms with Crippen molar-refractivity contribution in [2.24, 2.45) is 5.10 Å². The maximum absolute atomic E-state index is 13.0. The third-order valence-corrected chi connectivity index (χ3v) is 6.91. The van der Waals surface area contributed by atoms with Gasteiger partial charge < -0.3 is 14.2 Å². The minimum absolute atomic E-state index is 0.162. The van der Waals surface area contributed by atoms with Gasteiger partial charge in [-0.25, -0.2) is 5.43 Å². The summed E-state index contributed by atoms with van der Waals surface area (Å²) in [7, 11) is 0. The SMILES string of the molecule is CCc1ccc(NC(=O)c2oc3c(c2C)/C(=N/NC(=O)Cc2coc4cc(C)cc(C)c24)CCC3)cc1. The smallest absolute Gasteiger partial charge is 0.291 e. The highest BCUT2D eigenvalue weighted by Crippen LogP contribution is 2.31. The summed E-state index contributed by atoms with van der Waals surface area (Å²) >= 11 is 0. The number of hydrogen-bond donors (Lipinski definition) is 2. The first-order chi connectivity index (χ1) is 17.8. The Bertz CT molecular complexity index is 1520. The van der Waals surface area contributed by atoms with Crippen molar-refractivity contribution in [1.82, 2.24) is 5.43 Å². The molecule has 7 nitrogen and oxygen atoms in total. The lowest BCUT2D eigenvalue weighted by Crippen LogP contribution is -2.23. The highest BCUT2D eigenvalue weighted by molar-refractivity contribution is 6.09. The average Bonchev–Trinajstić information content (AvgIpc) is 3.44. The highest BCUT2D eigenvalue weighted by Gasteiger charge is 2.28. The predicted molar refractivity (Wildman–Crippen MR) is 144 cm³/mol. The van der Waals surface area contributed by atoms with Crippen molar-refractivity contribution in [3.8, 4) is 0 Å². The molecule has 0 radical (unpaired) electrons. The first kappa shape index (κ1) is 24.6. The van der Waals surface area contributed by atoms with E-state index >= 15 is 0 Å². The van der Waals surface area contributed by atoms with E-state index in [1.165, 1.54) is 5.56 Å². The van der Waals surface area contributed by atoms with Crippen LogP contribution in [0.15, 0.2) is 56.6 Å². The fourth-order valence-electron chi connectivity index (χ4n) is 5.11. The number of aryl methyl sites for hydroxylation is 4. The number of carbonyl (C=O) groups excluding carboxylic acids is 2. The van der Waals surface area contributed by atoms with Crippen LogP contribution in [-0.4, -0.2) is 17.5 Å². The molecule has 0 bridgehead atoms. The molecule has 37 heavy (non-hydrogen) atoms. The van der Waals surface area contributed by atoms with Crippen LogP contribution in [0.4, 0.5) is 5.69 Å². The summed E-state index contributed by atoms with van der Waals surface area (Å²) in [6, 6.07) is 11.8. The normalized spacial score (nSPS) is 14.1. The van der Waals surface area contributed by atoms with Gasteiger partial charge in [0, 0.05) is 34.2 Å². The van der Waals surface area contributed by atoms with Gasteiger partial charge in [0.05, 0.1) is 18.4 Å². The van der Waals surface area contributed by atoms with E-state index in [1.54, 1.807) is 6.26 Å². The molecule has 0 saturated heterocycles. The van der Waals surface area contributed by atoms with Gasteiger partial charge in [0.15, 0.2) is 5.76 Å². The molecule has 5 rings (SSSR count). The van der Waals surface area contributed by atoms with Crippen molar-refractivity contribution in [2.75, 3.05) is 5.32 Å². The lowest BCUT2D eigenvalue weighted by atomic mass is 9.93. The largest absolute Gasteiger partial charge is 0.464 e. The van der Waals surface area contributed by atoms with Gasteiger partial charge in [-0.1, -0.05) is 25.1 Å². The Morgan fingerprint density at radius 3 is 2.59 bits per heavy atom. The van der Waals surface area contributed by atoms with Crippen molar-refractivity contribution in [2.45, 2.75) is 59.8 Å². The number of nitrogens with zero attached hydrogens (tertiary/aromatic N) is 1. The van der Waals surface area contributed by atoms with Gasteiger partial charge in [0.25, 0.3) is 5.91 Å². The first-order valence-electron chi connectivity index (χ1n) is 12.7. The molecule has 2 heterocycles. The van der Waals surface area contributed by atoms with Crippen LogP contribution in [0.5, 0.6) is 0 Å². The van der Waals surface area contributed by atoms with Crippen molar-refractivity contribution in [1.29, 1.82) is 0 Å². The zero-order chi connectivity index (χ0) is 26.1. The van der Waals surface area contributed by atoms with Gasteiger partial charge in [-0.05, 0) is 74.9 Å². The second-order valence-electron chi connectivity index (χ2n) is 9.70. The van der Waals surface area contributed by atoms with E-state index in [1.807, 2.05) is 51.1 Å². The number of furan rings is 2. The second kappa shape index (κ2) is 10.1. The quantitative estimate of drug-likeness (QED) is 0.312. The van der Waals surface area contributed by atoms with E-state index in [0.717, 1.165) is 69.5 Å². The average molecular weight is 498 g/mol. The van der Waals surface area contributed by atoms with Gasteiger partial charge >= 0.3 is 0 Å². The highest BCUT2D eigenvalue weighted by atomic mass is 16.4. The van der Waals surface area contributed by atoms with Crippen LogP contribution in [0.1, 0.15) is 69.5 Å². The molecule has 0 spiro atoms. The molecule has 0 saturated carbocycles. The summed E-state index contributed by atoms with van der Waals surface area (Å²) in [5.41, 5.74) is 10.7. The number of fused-ring (bicyclic) bond motifs is 2. The predicted octanol–water partition coefficient (Wildman–Crippen LogP) is 6.17. The molecule has 0 fully saturated rings. The summed E-state index contributed by atoms with van der Waals surface area (Å²) < 4.78 is 11.7. The Balaban J connectivity index is 1.32. The van der Waals surface area contributed by atoms with Crippen molar-refractivity contribution in [3.63, 3.8) is 0 Å². The molecule has 0 aliphatic heterocycles. The van der Waals surface area contributed by atoms with Crippen LogP contribution in [0.2, 0.25) is 0 Å². The van der Waals surface area contributed by atoms with E-state index in [9.17, 15) is 9.59 Å². The Labute approximate surface area is 215 Å². The molecular weight excluding hydrogens is 466 g/mol. The van der Waals surface area contributed by atoms with Crippen LogP contribution in [0, 0.1) is 20.8 Å². The minimum Gasteiger partial charge on any atom is -0.464 e. The molecule has 190 valence electrons. The van der Waals surface area contributed by atoms with Crippen LogP contribution in [0.3, 0.4) is 0 Å². The molecule has 7 heteroatoms. The van der Waals surface area contributed by atoms with Crippen LogP contribution in [0.25, 0.3) is 11.0 Å². The number of benzene rings is 2. The number of hydrazone groups is 1. The monoisotopic (exact) mass is 497 g/mol. The molecule has 1 aliphatic rings. The Hall–Kier alpha value is -4.13. The van der Waals surface area contributed by atoms with Crippen LogP contribution < -0.4 is 10.7 Å². The number of carbonyl (C=O) groups is 2. The summed E-state index contributed by atoms with van der Waals surface area (Å²) in [6.07, 6.45) is 4.99. The number of rotatable bonds is 6. The molecule has 1 aliphatic carbocycles. The summed E-state index contributed by atoms with van der Waals surface area (Å²) in [5.74, 6) is 0.491. The number of nitrogens with one attached hydrogen (secondary N) is 2. The van der Waals surface area contributed by atoms with Gasteiger partial charge in [0.1, 0.15) is 11.3 Å². The van der Waals surface area contributed by atoms with E-state index < -0.39 is 0 Å². The third kappa shape index (κ3) is 4.94. The van der Waals surface area contributed by atoms with Crippen molar-refractivity contribution < 1.29 is 18.4 Å². The second-order valence-corrected chi connectivity index (χ2v) is 9.70.